The van der Waals surface area contributed by atoms with E-state index in [0.29, 0.717) is 36.4 Å². The predicted octanol–water partition coefficient (Wildman–Crippen LogP) is 3.76. The summed E-state index contributed by atoms with van der Waals surface area (Å²) in [4.78, 5) is 29.3. The van der Waals surface area contributed by atoms with Gasteiger partial charge in [-0.2, -0.15) is 0 Å². The lowest BCUT2D eigenvalue weighted by molar-refractivity contribution is 0.0169. The first-order valence-corrected chi connectivity index (χ1v) is 11.0. The fourth-order valence-electron chi connectivity index (χ4n) is 4.24. The lowest BCUT2D eigenvalue weighted by Gasteiger charge is -2.34. The molecule has 2 aromatic carbocycles. The van der Waals surface area contributed by atoms with Crippen molar-refractivity contribution in [3.63, 3.8) is 0 Å². The molecule has 0 spiro atoms. The molecule has 1 fully saturated rings. The van der Waals surface area contributed by atoms with E-state index in [1.165, 1.54) is 4.88 Å². The Morgan fingerprint density at radius 2 is 1.77 bits per heavy atom. The molecule has 3 aromatic rings. The molecule has 5 rings (SSSR count). The normalized spacial score (nSPS) is 16.7. The van der Waals surface area contributed by atoms with Crippen LogP contribution in [0.1, 0.15) is 37.2 Å². The number of ether oxygens (including phenoxy) is 1. The first-order chi connectivity index (χ1) is 14.7. The van der Waals surface area contributed by atoms with Gasteiger partial charge in [-0.05, 0) is 34.7 Å². The minimum atomic E-state index is -0.156. The highest BCUT2D eigenvalue weighted by molar-refractivity contribution is 7.10. The number of morpholine rings is 1. The number of carbonyl (C=O) groups is 2. The molecule has 1 amide bonds. The van der Waals surface area contributed by atoms with Gasteiger partial charge >= 0.3 is 0 Å². The van der Waals surface area contributed by atoms with E-state index in [-0.39, 0.29) is 17.7 Å². The van der Waals surface area contributed by atoms with Crippen molar-refractivity contribution in [1.29, 1.82) is 0 Å². The van der Waals surface area contributed by atoms with Crippen molar-refractivity contribution in [3.05, 3.63) is 81.5 Å². The Balaban J connectivity index is 1.34. The molecule has 0 saturated carbocycles. The highest BCUT2D eigenvalue weighted by atomic mass is 32.1. The Morgan fingerprint density at radius 1 is 1.00 bits per heavy atom. The number of benzene rings is 2. The molecule has 1 saturated heterocycles. The van der Waals surface area contributed by atoms with Crippen LogP contribution in [0.4, 0.5) is 0 Å². The first kappa shape index (κ1) is 19.2. The van der Waals surface area contributed by atoms with E-state index < -0.39 is 0 Å². The Bertz CT molecular complexity index is 1090. The summed E-state index contributed by atoms with van der Waals surface area (Å²) in [7, 11) is 0. The molecule has 1 atom stereocenters. The SMILES string of the molecule is O=C(NC[C@H](c1cccs1)N1CCOCC1)c1ccc2c(c1)C(=O)c1ccccc1-2. The molecule has 2 heterocycles. The fourth-order valence-corrected chi connectivity index (χ4v) is 5.10. The van der Waals surface area contributed by atoms with Gasteiger partial charge in [-0.25, -0.2) is 0 Å². The number of nitrogens with one attached hydrogen (secondary N) is 1. The molecular formula is C24H22N2O3S. The average Bonchev–Trinajstić information content (AvgIpc) is 3.42. The van der Waals surface area contributed by atoms with Crippen LogP contribution in [-0.4, -0.2) is 49.4 Å². The molecule has 2 aliphatic rings. The molecule has 0 unspecified atom stereocenters. The molecule has 30 heavy (non-hydrogen) atoms. The second-order valence-corrected chi connectivity index (χ2v) is 8.50. The summed E-state index contributed by atoms with van der Waals surface area (Å²) in [6.07, 6.45) is 0. The van der Waals surface area contributed by atoms with Gasteiger partial charge in [-0.1, -0.05) is 36.4 Å². The van der Waals surface area contributed by atoms with Crippen LogP contribution in [0.5, 0.6) is 0 Å². The Labute approximate surface area is 179 Å². The average molecular weight is 419 g/mol. The maximum absolute atomic E-state index is 12.9. The fraction of sp³-hybridized carbons (Fsp3) is 0.250. The Hall–Kier alpha value is -2.80. The maximum atomic E-state index is 12.9. The van der Waals surface area contributed by atoms with Crippen LogP contribution in [0.25, 0.3) is 11.1 Å². The van der Waals surface area contributed by atoms with Crippen LogP contribution in [0.2, 0.25) is 0 Å². The molecule has 5 nitrogen and oxygen atoms in total. The molecule has 1 aliphatic carbocycles. The molecule has 1 N–H and O–H groups in total. The number of carbonyl (C=O) groups excluding carboxylic acids is 2. The monoisotopic (exact) mass is 418 g/mol. The van der Waals surface area contributed by atoms with Crippen LogP contribution >= 0.6 is 11.3 Å². The minimum absolute atomic E-state index is 0.0139. The van der Waals surface area contributed by atoms with Crippen LogP contribution < -0.4 is 5.32 Å². The molecule has 152 valence electrons. The number of nitrogens with zero attached hydrogens (tertiary/aromatic N) is 1. The van der Waals surface area contributed by atoms with Crippen molar-refractivity contribution < 1.29 is 14.3 Å². The van der Waals surface area contributed by atoms with Gasteiger partial charge in [-0.3, -0.25) is 14.5 Å². The molecular weight excluding hydrogens is 396 g/mol. The third-order valence-electron chi connectivity index (χ3n) is 5.80. The van der Waals surface area contributed by atoms with Crippen molar-refractivity contribution >= 4 is 23.0 Å². The van der Waals surface area contributed by atoms with Crippen molar-refractivity contribution in [3.8, 4) is 11.1 Å². The van der Waals surface area contributed by atoms with Gasteiger partial charge in [0.2, 0.25) is 0 Å². The quantitative estimate of drug-likeness (QED) is 0.536. The van der Waals surface area contributed by atoms with Crippen molar-refractivity contribution in [2.75, 3.05) is 32.8 Å². The summed E-state index contributed by atoms with van der Waals surface area (Å²) in [5.74, 6) is -0.170. The second-order valence-electron chi connectivity index (χ2n) is 7.52. The number of thiophene rings is 1. The van der Waals surface area contributed by atoms with Crippen LogP contribution in [0.15, 0.2) is 60.0 Å². The summed E-state index contributed by atoms with van der Waals surface area (Å²) < 4.78 is 5.48. The van der Waals surface area contributed by atoms with Crippen molar-refractivity contribution in [1.82, 2.24) is 10.2 Å². The third kappa shape index (κ3) is 3.47. The summed E-state index contributed by atoms with van der Waals surface area (Å²) in [5, 5.41) is 5.15. The van der Waals surface area contributed by atoms with E-state index in [0.717, 1.165) is 24.2 Å². The molecule has 0 bridgehead atoms. The largest absolute Gasteiger partial charge is 0.379 e. The van der Waals surface area contributed by atoms with E-state index in [9.17, 15) is 9.59 Å². The number of amides is 1. The van der Waals surface area contributed by atoms with Gasteiger partial charge < -0.3 is 10.1 Å². The van der Waals surface area contributed by atoms with E-state index in [1.807, 2.05) is 36.4 Å². The van der Waals surface area contributed by atoms with E-state index >= 15 is 0 Å². The highest BCUT2D eigenvalue weighted by Crippen LogP contribution is 2.36. The van der Waals surface area contributed by atoms with Gasteiger partial charge in [0.25, 0.3) is 5.91 Å². The maximum Gasteiger partial charge on any atom is 0.251 e. The Morgan fingerprint density at radius 3 is 2.53 bits per heavy atom. The van der Waals surface area contributed by atoms with Crippen LogP contribution in [0.3, 0.4) is 0 Å². The second kappa shape index (κ2) is 8.14. The number of ketones is 1. The third-order valence-corrected chi connectivity index (χ3v) is 6.78. The van der Waals surface area contributed by atoms with Gasteiger partial charge in [-0.15, -0.1) is 11.3 Å². The Kier molecular flexibility index (Phi) is 5.21. The topological polar surface area (TPSA) is 58.6 Å². The lowest BCUT2D eigenvalue weighted by atomic mass is 10.0. The lowest BCUT2D eigenvalue weighted by Crippen LogP contribution is -2.43. The standard InChI is InChI=1S/C24H22N2O3S/c27-23-19-5-2-1-4-17(19)18-8-7-16(14-20(18)23)24(28)25-15-21(22-6-3-13-30-22)26-9-11-29-12-10-26/h1-8,13-14,21H,9-12,15H2,(H,25,28)/t21-/m1/s1. The highest BCUT2D eigenvalue weighted by Gasteiger charge is 2.28. The van der Waals surface area contributed by atoms with E-state index in [1.54, 1.807) is 23.5 Å². The zero-order valence-corrected chi connectivity index (χ0v) is 17.3. The van der Waals surface area contributed by atoms with Gasteiger partial charge in [0.1, 0.15) is 0 Å². The van der Waals surface area contributed by atoms with Crippen molar-refractivity contribution in [2.24, 2.45) is 0 Å². The van der Waals surface area contributed by atoms with Crippen LogP contribution in [-0.2, 0) is 4.74 Å². The number of rotatable bonds is 5. The molecule has 1 aromatic heterocycles. The van der Waals surface area contributed by atoms with E-state index in [2.05, 4.69) is 21.7 Å². The van der Waals surface area contributed by atoms with Gasteiger partial charge in [0.15, 0.2) is 5.78 Å². The smallest absolute Gasteiger partial charge is 0.251 e. The zero-order chi connectivity index (χ0) is 20.5. The van der Waals surface area contributed by atoms with Gasteiger partial charge in [0.05, 0.1) is 19.3 Å². The van der Waals surface area contributed by atoms with E-state index in [4.69, 9.17) is 4.74 Å². The zero-order valence-electron chi connectivity index (χ0n) is 16.5. The number of hydrogen-bond acceptors (Lipinski definition) is 5. The minimum Gasteiger partial charge on any atom is -0.379 e. The first-order valence-electron chi connectivity index (χ1n) is 10.1. The van der Waals surface area contributed by atoms with Crippen LogP contribution in [0, 0.1) is 0 Å². The molecule has 6 heteroatoms. The summed E-state index contributed by atoms with van der Waals surface area (Å²) in [6.45, 7) is 3.64. The van der Waals surface area contributed by atoms with Crippen molar-refractivity contribution in [2.45, 2.75) is 6.04 Å². The number of hydrogen-bond donors (Lipinski definition) is 1. The summed E-state index contributed by atoms with van der Waals surface area (Å²) in [5.41, 5.74) is 3.66. The predicted molar refractivity (Wildman–Crippen MR) is 117 cm³/mol. The molecule has 0 radical (unpaired) electrons. The summed E-state index contributed by atoms with van der Waals surface area (Å²) >= 11 is 1.70. The number of fused-ring (bicyclic) bond motifs is 3. The van der Waals surface area contributed by atoms with Gasteiger partial charge in [0, 0.05) is 41.2 Å². The molecule has 1 aliphatic heterocycles. The summed E-state index contributed by atoms with van der Waals surface area (Å²) in [6, 6.07) is 17.3.